The van der Waals surface area contributed by atoms with Crippen LogP contribution in [0.15, 0.2) is 48.4 Å². The van der Waals surface area contributed by atoms with Gasteiger partial charge in [-0.05, 0) is 6.92 Å². The molecule has 0 fully saturated rings. The molecule has 3 aromatic rings. The molecule has 0 saturated carbocycles. The number of hydrogen-bond acceptors (Lipinski definition) is 5. The van der Waals surface area contributed by atoms with E-state index in [0.29, 0.717) is 6.54 Å². The highest BCUT2D eigenvalue weighted by atomic mass is 32.1. The van der Waals surface area contributed by atoms with Crippen molar-refractivity contribution in [2.75, 3.05) is 6.54 Å². The van der Waals surface area contributed by atoms with Crippen LogP contribution in [-0.4, -0.2) is 32.2 Å². The zero-order valence-electron chi connectivity index (χ0n) is 12.7. The lowest BCUT2D eigenvalue weighted by atomic mass is 10.2. The minimum absolute atomic E-state index is 0.0399. The number of nitrogens with zero attached hydrogens (tertiary/aromatic N) is 4. The Kier molecular flexibility index (Phi) is 4.77. The number of rotatable bonds is 6. The second-order valence-corrected chi connectivity index (χ2v) is 6.07. The van der Waals surface area contributed by atoms with Crippen molar-refractivity contribution in [3.63, 3.8) is 0 Å². The van der Waals surface area contributed by atoms with Gasteiger partial charge >= 0.3 is 0 Å². The Bertz CT molecular complexity index is 754. The molecule has 1 aromatic carbocycles. The van der Waals surface area contributed by atoms with E-state index in [9.17, 15) is 4.79 Å². The molecule has 118 valence electrons. The highest BCUT2D eigenvalue weighted by Gasteiger charge is 2.11. The summed E-state index contributed by atoms with van der Waals surface area (Å²) in [6, 6.07) is 10.0. The highest BCUT2D eigenvalue weighted by molar-refractivity contribution is 7.13. The summed E-state index contributed by atoms with van der Waals surface area (Å²) in [5.74, 6) is -0.0399. The van der Waals surface area contributed by atoms with Crippen molar-refractivity contribution < 1.29 is 4.79 Å². The van der Waals surface area contributed by atoms with Gasteiger partial charge in [0.2, 0.25) is 5.91 Å². The SMILES string of the molecule is C[C@H](CNC(=O)Cc1csc(-c2ccccc2)n1)n1cncn1. The first-order valence-corrected chi connectivity index (χ1v) is 8.21. The smallest absolute Gasteiger partial charge is 0.226 e. The van der Waals surface area contributed by atoms with E-state index in [-0.39, 0.29) is 18.4 Å². The summed E-state index contributed by atoms with van der Waals surface area (Å²) in [6.45, 7) is 2.49. The number of thiazole rings is 1. The third-order valence-electron chi connectivity index (χ3n) is 3.40. The first-order valence-electron chi connectivity index (χ1n) is 7.33. The van der Waals surface area contributed by atoms with Gasteiger partial charge in [0.15, 0.2) is 0 Å². The third kappa shape index (κ3) is 4.01. The van der Waals surface area contributed by atoms with Crippen LogP contribution in [0.3, 0.4) is 0 Å². The molecular formula is C16H17N5OS. The van der Waals surface area contributed by atoms with Crippen LogP contribution < -0.4 is 5.32 Å². The lowest BCUT2D eigenvalue weighted by molar-refractivity contribution is -0.120. The number of amides is 1. The lowest BCUT2D eigenvalue weighted by Crippen LogP contribution is -2.31. The van der Waals surface area contributed by atoms with Crippen molar-refractivity contribution >= 4 is 17.2 Å². The summed E-state index contributed by atoms with van der Waals surface area (Å²) < 4.78 is 1.72. The van der Waals surface area contributed by atoms with Gasteiger partial charge < -0.3 is 5.32 Å². The van der Waals surface area contributed by atoms with Gasteiger partial charge in [-0.1, -0.05) is 30.3 Å². The lowest BCUT2D eigenvalue weighted by Gasteiger charge is -2.12. The molecule has 23 heavy (non-hydrogen) atoms. The van der Waals surface area contributed by atoms with Gasteiger partial charge in [-0.15, -0.1) is 11.3 Å². The summed E-state index contributed by atoms with van der Waals surface area (Å²) in [5.41, 5.74) is 1.86. The van der Waals surface area contributed by atoms with Gasteiger partial charge in [0, 0.05) is 17.5 Å². The Hall–Kier alpha value is -2.54. The molecule has 0 saturated heterocycles. The molecule has 6 nitrogen and oxygen atoms in total. The normalized spacial score (nSPS) is 12.0. The van der Waals surface area contributed by atoms with Crippen LogP contribution in [0.25, 0.3) is 10.6 Å². The fourth-order valence-electron chi connectivity index (χ4n) is 2.13. The average Bonchev–Trinajstić information content (AvgIpc) is 3.25. The maximum atomic E-state index is 12.0. The van der Waals surface area contributed by atoms with Crippen LogP contribution >= 0.6 is 11.3 Å². The van der Waals surface area contributed by atoms with Gasteiger partial charge in [0.05, 0.1) is 18.2 Å². The molecule has 0 aliphatic carbocycles. The third-order valence-corrected chi connectivity index (χ3v) is 4.34. The van der Waals surface area contributed by atoms with E-state index in [1.165, 1.54) is 6.33 Å². The minimum Gasteiger partial charge on any atom is -0.354 e. The first kappa shape index (κ1) is 15.4. The van der Waals surface area contributed by atoms with E-state index in [1.54, 1.807) is 22.3 Å². The van der Waals surface area contributed by atoms with Crippen LogP contribution in [-0.2, 0) is 11.2 Å². The molecular weight excluding hydrogens is 310 g/mol. The standard InChI is InChI=1S/C16H17N5OS/c1-12(21-11-17-10-19-21)8-18-15(22)7-14-9-23-16(20-14)13-5-3-2-4-6-13/h2-6,9-12H,7-8H2,1H3,(H,18,22)/t12-/m1/s1. The zero-order chi connectivity index (χ0) is 16.1. The maximum absolute atomic E-state index is 12.0. The second kappa shape index (κ2) is 7.15. The highest BCUT2D eigenvalue weighted by Crippen LogP contribution is 2.23. The van der Waals surface area contributed by atoms with Gasteiger partial charge in [-0.2, -0.15) is 5.10 Å². The Labute approximate surface area is 138 Å². The topological polar surface area (TPSA) is 72.7 Å². The molecule has 7 heteroatoms. The van der Waals surface area contributed by atoms with Crippen molar-refractivity contribution in [3.8, 4) is 10.6 Å². The predicted octanol–water partition coefficient (Wildman–Crippen LogP) is 2.32. The van der Waals surface area contributed by atoms with E-state index >= 15 is 0 Å². The molecule has 3 rings (SSSR count). The van der Waals surface area contributed by atoms with Crippen molar-refractivity contribution in [2.24, 2.45) is 0 Å². The van der Waals surface area contributed by atoms with E-state index < -0.39 is 0 Å². The predicted molar refractivity (Wildman–Crippen MR) is 89.0 cm³/mol. The summed E-state index contributed by atoms with van der Waals surface area (Å²) in [7, 11) is 0. The van der Waals surface area contributed by atoms with Gasteiger partial charge in [0.1, 0.15) is 17.7 Å². The fraction of sp³-hybridized carbons (Fsp3) is 0.250. The van der Waals surface area contributed by atoms with E-state index in [1.807, 2.05) is 42.6 Å². The molecule has 0 spiro atoms. The fourth-order valence-corrected chi connectivity index (χ4v) is 2.95. The molecule has 1 atom stereocenters. The largest absolute Gasteiger partial charge is 0.354 e. The Morgan fingerprint density at radius 3 is 2.91 bits per heavy atom. The van der Waals surface area contributed by atoms with Gasteiger partial charge in [0.25, 0.3) is 0 Å². The second-order valence-electron chi connectivity index (χ2n) is 5.22. The molecule has 2 aromatic heterocycles. The van der Waals surface area contributed by atoms with Gasteiger partial charge in [-0.25, -0.2) is 14.6 Å². The molecule has 1 N–H and O–H groups in total. The van der Waals surface area contributed by atoms with Crippen molar-refractivity contribution in [3.05, 3.63) is 54.1 Å². The van der Waals surface area contributed by atoms with Crippen LogP contribution in [0.4, 0.5) is 0 Å². The van der Waals surface area contributed by atoms with Crippen LogP contribution in [0, 0.1) is 0 Å². The molecule has 0 radical (unpaired) electrons. The van der Waals surface area contributed by atoms with Gasteiger partial charge in [-0.3, -0.25) is 4.79 Å². The Morgan fingerprint density at radius 2 is 2.17 bits per heavy atom. The Morgan fingerprint density at radius 1 is 1.35 bits per heavy atom. The van der Waals surface area contributed by atoms with E-state index in [4.69, 9.17) is 0 Å². The quantitative estimate of drug-likeness (QED) is 0.754. The molecule has 0 bridgehead atoms. The minimum atomic E-state index is -0.0399. The summed E-state index contributed by atoms with van der Waals surface area (Å²) in [5, 5.41) is 9.83. The number of carbonyl (C=O) groups excluding carboxylic acids is 1. The monoisotopic (exact) mass is 327 g/mol. The number of benzene rings is 1. The van der Waals surface area contributed by atoms with Crippen molar-refractivity contribution in [2.45, 2.75) is 19.4 Å². The van der Waals surface area contributed by atoms with Crippen LogP contribution in [0.5, 0.6) is 0 Å². The average molecular weight is 327 g/mol. The summed E-state index contributed by atoms with van der Waals surface area (Å²) in [4.78, 5) is 20.5. The Balaban J connectivity index is 1.53. The zero-order valence-corrected chi connectivity index (χ0v) is 13.5. The number of nitrogens with one attached hydrogen (secondary N) is 1. The molecule has 1 amide bonds. The molecule has 0 aliphatic rings. The van der Waals surface area contributed by atoms with E-state index in [2.05, 4.69) is 20.4 Å². The van der Waals surface area contributed by atoms with E-state index in [0.717, 1.165) is 16.3 Å². The summed E-state index contributed by atoms with van der Waals surface area (Å²) in [6.07, 6.45) is 3.41. The maximum Gasteiger partial charge on any atom is 0.226 e. The van der Waals surface area contributed by atoms with Crippen molar-refractivity contribution in [1.82, 2.24) is 25.1 Å². The first-order chi connectivity index (χ1) is 11.2. The summed E-state index contributed by atoms with van der Waals surface area (Å²) >= 11 is 1.55. The van der Waals surface area contributed by atoms with Crippen LogP contribution in [0.1, 0.15) is 18.7 Å². The number of aromatic nitrogens is 4. The molecule has 2 heterocycles. The van der Waals surface area contributed by atoms with Crippen molar-refractivity contribution in [1.29, 1.82) is 0 Å². The molecule has 0 aliphatic heterocycles. The number of hydrogen-bond donors (Lipinski definition) is 1. The number of carbonyl (C=O) groups is 1. The molecule has 0 unspecified atom stereocenters. The van der Waals surface area contributed by atoms with Crippen LogP contribution in [0.2, 0.25) is 0 Å².